The number of hydrogen-bond acceptors (Lipinski definition) is 7. The number of benzene rings is 3. The van der Waals surface area contributed by atoms with E-state index in [0.29, 0.717) is 15.6 Å². The van der Waals surface area contributed by atoms with Gasteiger partial charge in [-0.05, 0) is 52.6 Å². The number of thiophene rings is 1. The third-order valence-corrected chi connectivity index (χ3v) is 11.2. The summed E-state index contributed by atoms with van der Waals surface area (Å²) in [7, 11) is 0. The van der Waals surface area contributed by atoms with Crippen LogP contribution in [0.5, 0.6) is 0 Å². The maximum absolute atomic E-state index is 13.9. The van der Waals surface area contributed by atoms with Crippen LogP contribution >= 0.6 is 34.4 Å². The SMILES string of the molecule is O=C(Cn1c2c(sc1=O)[C@@H](c1cccs1)[C@@H]1C(=O)N(c3cccc(C(F)(F)F)c3)C(=O)[C@@H]1S2)Nc1ccc2ccccc2c1. The van der Waals surface area contributed by atoms with Gasteiger partial charge in [0.1, 0.15) is 11.8 Å². The number of amides is 3. The Hall–Kier alpha value is -4.20. The van der Waals surface area contributed by atoms with Crippen LogP contribution in [0, 0.1) is 5.92 Å². The number of carbonyl (C=O) groups is 3. The van der Waals surface area contributed by atoms with Gasteiger partial charge in [0.25, 0.3) is 0 Å². The minimum absolute atomic E-state index is 0.162. The minimum Gasteiger partial charge on any atom is -0.325 e. The van der Waals surface area contributed by atoms with E-state index in [1.807, 2.05) is 41.8 Å². The second-order valence-electron chi connectivity index (χ2n) is 10.4. The largest absolute Gasteiger partial charge is 0.416 e. The average Bonchev–Trinajstić information content (AvgIpc) is 3.69. The van der Waals surface area contributed by atoms with Gasteiger partial charge in [0.2, 0.25) is 17.7 Å². The molecule has 0 saturated carbocycles. The number of aromatic nitrogens is 1. The molecule has 2 aliphatic heterocycles. The Morgan fingerprint density at radius 3 is 2.43 bits per heavy atom. The highest BCUT2D eigenvalue weighted by atomic mass is 32.2. The summed E-state index contributed by atoms with van der Waals surface area (Å²) < 4.78 is 41.7. The highest BCUT2D eigenvalue weighted by molar-refractivity contribution is 8.00. The molecule has 2 aliphatic rings. The van der Waals surface area contributed by atoms with Gasteiger partial charge in [-0.25, -0.2) is 4.90 Å². The lowest BCUT2D eigenvalue weighted by atomic mass is 9.87. The van der Waals surface area contributed by atoms with Crippen LogP contribution in [0.1, 0.15) is 21.2 Å². The Morgan fingerprint density at radius 1 is 0.886 bits per heavy atom. The molecule has 3 amide bonds. The van der Waals surface area contributed by atoms with Crippen molar-refractivity contribution in [3.63, 3.8) is 0 Å². The predicted octanol–water partition coefficient (Wildman–Crippen LogP) is 6.58. The predicted molar refractivity (Wildman–Crippen MR) is 164 cm³/mol. The van der Waals surface area contributed by atoms with E-state index in [4.69, 9.17) is 0 Å². The van der Waals surface area contributed by atoms with E-state index in [9.17, 15) is 32.3 Å². The summed E-state index contributed by atoms with van der Waals surface area (Å²) in [5, 5.41) is 5.99. The van der Waals surface area contributed by atoms with Gasteiger partial charge in [0, 0.05) is 21.4 Å². The lowest BCUT2D eigenvalue weighted by Crippen LogP contribution is -2.32. The van der Waals surface area contributed by atoms with Crippen LogP contribution in [0.4, 0.5) is 24.5 Å². The summed E-state index contributed by atoms with van der Waals surface area (Å²) in [6.45, 7) is -0.321. The zero-order valence-corrected chi connectivity index (χ0v) is 24.9. The van der Waals surface area contributed by atoms with E-state index < -0.39 is 51.4 Å². The highest BCUT2D eigenvalue weighted by Crippen LogP contribution is 2.54. The van der Waals surface area contributed by atoms with E-state index in [-0.39, 0.29) is 12.2 Å². The van der Waals surface area contributed by atoms with Crippen molar-refractivity contribution in [3.05, 3.63) is 109 Å². The zero-order chi connectivity index (χ0) is 30.7. The first kappa shape index (κ1) is 28.6. The molecule has 5 aromatic rings. The Labute approximate surface area is 259 Å². The third kappa shape index (κ3) is 4.84. The maximum Gasteiger partial charge on any atom is 0.416 e. The van der Waals surface area contributed by atoms with Crippen molar-refractivity contribution in [3.8, 4) is 0 Å². The Balaban J connectivity index is 1.23. The molecule has 7 nitrogen and oxygen atoms in total. The van der Waals surface area contributed by atoms with Crippen molar-refractivity contribution < 1.29 is 27.6 Å². The summed E-state index contributed by atoms with van der Waals surface area (Å²) in [5.74, 6) is -3.35. The monoisotopic (exact) mass is 651 g/mol. The highest BCUT2D eigenvalue weighted by Gasteiger charge is 2.57. The molecule has 3 aromatic carbocycles. The van der Waals surface area contributed by atoms with E-state index in [2.05, 4.69) is 5.32 Å². The number of rotatable bonds is 5. The molecule has 222 valence electrons. The van der Waals surface area contributed by atoms with Crippen LogP contribution in [0.3, 0.4) is 0 Å². The lowest BCUT2D eigenvalue weighted by Gasteiger charge is -2.29. The number of alkyl halides is 3. The van der Waals surface area contributed by atoms with Crippen molar-refractivity contribution in [1.82, 2.24) is 4.57 Å². The number of nitrogens with one attached hydrogen (secondary N) is 1. The van der Waals surface area contributed by atoms with Gasteiger partial charge < -0.3 is 5.32 Å². The van der Waals surface area contributed by atoms with Gasteiger partial charge in [-0.1, -0.05) is 65.6 Å². The van der Waals surface area contributed by atoms with Crippen molar-refractivity contribution in [2.45, 2.75) is 28.9 Å². The molecule has 3 atom stereocenters. The minimum atomic E-state index is -4.66. The van der Waals surface area contributed by atoms with Crippen molar-refractivity contribution >= 4 is 74.3 Å². The van der Waals surface area contributed by atoms with Crippen molar-refractivity contribution in [1.29, 1.82) is 0 Å². The molecule has 0 radical (unpaired) electrons. The average molecular weight is 652 g/mol. The maximum atomic E-state index is 13.9. The van der Waals surface area contributed by atoms with Crippen LogP contribution in [0.15, 0.2) is 94.1 Å². The summed E-state index contributed by atoms with van der Waals surface area (Å²) in [6, 6.07) is 20.9. The number of halogens is 3. The number of nitrogens with zero attached hydrogens (tertiary/aromatic N) is 2. The number of anilines is 2. The molecule has 0 aliphatic carbocycles. The molecule has 4 heterocycles. The Kier molecular flexibility index (Phi) is 6.98. The normalized spacial score (nSPS) is 19.7. The molecule has 0 bridgehead atoms. The summed E-state index contributed by atoms with van der Waals surface area (Å²) in [4.78, 5) is 55.8. The zero-order valence-electron chi connectivity index (χ0n) is 22.4. The molecule has 2 aromatic heterocycles. The van der Waals surface area contributed by atoms with Gasteiger partial charge in [0.05, 0.1) is 22.2 Å². The molecule has 0 unspecified atom stereocenters. The number of fused-ring (bicyclic) bond motifs is 3. The van der Waals surface area contributed by atoms with E-state index in [0.717, 1.165) is 61.8 Å². The lowest BCUT2D eigenvalue weighted by molar-refractivity contribution is -0.137. The van der Waals surface area contributed by atoms with Gasteiger partial charge in [-0.15, -0.1) is 11.3 Å². The fourth-order valence-electron chi connectivity index (χ4n) is 5.72. The Bertz CT molecular complexity index is 2020. The molecular formula is C31H20F3N3O4S3. The van der Waals surface area contributed by atoms with Crippen molar-refractivity contribution in [2.75, 3.05) is 10.2 Å². The standard InChI is InChI=1S/C31H20F3N3O4S3/c32-31(33,34)18-7-3-8-20(14-18)37-27(39)24-23(21-9-4-12-42-21)26-29(43-25(24)28(37)40)36(30(41)44-26)15-22(38)35-19-11-10-16-5-1-2-6-17(16)13-19/h1-14,23-25H,15H2,(H,35,38)/t23-,24-,25+/m0/s1. The van der Waals surface area contributed by atoms with Gasteiger partial charge in [-0.3, -0.25) is 23.7 Å². The first-order chi connectivity index (χ1) is 21.1. The van der Waals surface area contributed by atoms with Crippen molar-refractivity contribution in [2.24, 2.45) is 5.92 Å². The quantitative estimate of drug-likeness (QED) is 0.217. The number of thiazole rings is 1. The number of hydrogen-bond donors (Lipinski definition) is 1. The summed E-state index contributed by atoms with van der Waals surface area (Å²) >= 11 is 3.28. The summed E-state index contributed by atoms with van der Waals surface area (Å²) in [5.41, 5.74) is -0.577. The van der Waals surface area contributed by atoms with Gasteiger partial charge >= 0.3 is 11.0 Å². The second kappa shape index (κ2) is 10.8. The van der Waals surface area contributed by atoms with Gasteiger partial charge in [0.15, 0.2) is 0 Å². The molecule has 0 spiro atoms. The molecule has 1 fully saturated rings. The van der Waals surface area contributed by atoms with E-state index in [1.165, 1.54) is 22.0 Å². The molecule has 1 N–H and O–H groups in total. The van der Waals surface area contributed by atoms with Crippen LogP contribution in [-0.4, -0.2) is 27.5 Å². The third-order valence-electron chi connectivity index (χ3n) is 7.67. The smallest absolute Gasteiger partial charge is 0.325 e. The first-order valence-corrected chi connectivity index (χ1v) is 15.9. The van der Waals surface area contributed by atoms with Gasteiger partial charge in [-0.2, -0.15) is 13.2 Å². The molecular weight excluding hydrogens is 632 g/mol. The molecule has 1 saturated heterocycles. The summed E-state index contributed by atoms with van der Waals surface area (Å²) in [6.07, 6.45) is -4.66. The van der Waals surface area contributed by atoms with E-state index >= 15 is 0 Å². The fraction of sp³-hybridized carbons (Fsp3) is 0.161. The fourth-order valence-corrected chi connectivity index (χ4v) is 9.44. The molecule has 13 heteroatoms. The number of thioether (sulfide) groups is 1. The van der Waals surface area contributed by atoms with E-state index in [1.54, 1.807) is 18.2 Å². The number of imide groups is 1. The van der Waals surface area contributed by atoms with Crippen LogP contribution in [0.2, 0.25) is 0 Å². The molecule has 44 heavy (non-hydrogen) atoms. The molecule has 7 rings (SSSR count). The number of carbonyl (C=O) groups excluding carboxylic acids is 3. The second-order valence-corrected chi connectivity index (χ2v) is 13.5. The topological polar surface area (TPSA) is 88.5 Å². The van der Waals surface area contributed by atoms with Crippen LogP contribution < -0.4 is 15.1 Å². The first-order valence-electron chi connectivity index (χ1n) is 13.4. The van der Waals surface area contributed by atoms with Crippen LogP contribution in [0.25, 0.3) is 10.8 Å². The van der Waals surface area contributed by atoms with Crippen LogP contribution in [-0.2, 0) is 27.1 Å². The Morgan fingerprint density at radius 2 is 1.68 bits per heavy atom.